The molecule has 0 aliphatic carbocycles. The summed E-state index contributed by atoms with van der Waals surface area (Å²) in [5.74, 6) is 1.45. The molecule has 11 nitrogen and oxygen atoms in total. The zero-order valence-electron chi connectivity index (χ0n) is 25.4. The van der Waals surface area contributed by atoms with Gasteiger partial charge in [0.05, 0.1) is 12.7 Å². The summed E-state index contributed by atoms with van der Waals surface area (Å²) in [6, 6.07) is 12.0. The van der Waals surface area contributed by atoms with Gasteiger partial charge in [-0.1, -0.05) is 6.08 Å². The lowest BCUT2D eigenvalue weighted by Gasteiger charge is -2.35. The van der Waals surface area contributed by atoms with E-state index in [1.54, 1.807) is 27.8 Å². The van der Waals surface area contributed by atoms with Crippen LogP contribution in [0.2, 0.25) is 0 Å². The number of fused-ring (bicyclic) bond motifs is 2. The van der Waals surface area contributed by atoms with Crippen LogP contribution in [0.3, 0.4) is 0 Å². The first-order valence-electron chi connectivity index (χ1n) is 15.4. The van der Waals surface area contributed by atoms with Crippen molar-refractivity contribution in [1.29, 1.82) is 0 Å². The van der Waals surface area contributed by atoms with Crippen LogP contribution >= 0.6 is 0 Å². The van der Waals surface area contributed by atoms with Crippen molar-refractivity contribution < 1.29 is 4.39 Å². The van der Waals surface area contributed by atoms with Crippen molar-refractivity contribution in [2.45, 2.75) is 39.8 Å². The molecular weight excluding hydrogens is 559 g/mol. The number of pyridine rings is 1. The van der Waals surface area contributed by atoms with Crippen LogP contribution in [-0.4, -0.2) is 78.4 Å². The molecule has 1 aliphatic heterocycles. The summed E-state index contributed by atoms with van der Waals surface area (Å²) in [5, 5.41) is 9.02. The molecule has 1 saturated heterocycles. The Labute approximate surface area is 255 Å². The first-order valence-corrected chi connectivity index (χ1v) is 15.4. The predicted octanol–water partition coefficient (Wildman–Crippen LogP) is 4.78. The number of likely N-dealkylation sites (tertiary alicyclic amines) is 1. The van der Waals surface area contributed by atoms with Crippen LogP contribution in [0.25, 0.3) is 27.9 Å². The second-order valence-electron chi connectivity index (χ2n) is 11.2. The van der Waals surface area contributed by atoms with Crippen molar-refractivity contribution in [3.63, 3.8) is 0 Å². The summed E-state index contributed by atoms with van der Waals surface area (Å²) in [5.41, 5.74) is 2.94. The predicted molar refractivity (Wildman–Crippen MR) is 173 cm³/mol. The van der Waals surface area contributed by atoms with Crippen molar-refractivity contribution in [2.24, 2.45) is 5.92 Å². The maximum absolute atomic E-state index is 13.4. The van der Waals surface area contributed by atoms with Crippen LogP contribution in [0.1, 0.15) is 26.7 Å². The van der Waals surface area contributed by atoms with E-state index in [1.165, 1.54) is 6.42 Å². The fraction of sp³-hybridized carbons (Fsp3) is 0.406. The van der Waals surface area contributed by atoms with Gasteiger partial charge in [0.1, 0.15) is 12.1 Å². The van der Waals surface area contributed by atoms with E-state index < -0.39 is 0 Å². The number of nitrogens with zero attached hydrogens (tertiary/aromatic N) is 9. The minimum Gasteiger partial charge on any atom is -0.371 e. The van der Waals surface area contributed by atoms with E-state index in [2.05, 4.69) is 50.8 Å². The number of hydrogen-bond acceptors (Lipinski definition) is 8. The van der Waals surface area contributed by atoms with E-state index in [9.17, 15) is 9.18 Å². The van der Waals surface area contributed by atoms with Gasteiger partial charge in [0.25, 0.3) is 5.56 Å². The summed E-state index contributed by atoms with van der Waals surface area (Å²) in [4.78, 5) is 32.1. The standard InChI is InChI=1S/C32H39FN10O/c1-4-16-42-31(44)27-20-34-32(38-30(27)43(42)28-14-9-24-19-35-41(6-3)29(24)37-28)36-25-10-12-26(13-11-25)40(5-2)22-23-8-7-17-39(21-23)18-15-33/h4,9-14,19-20,23H,1,5-8,15-18,21-22H2,2-3H3,(H,34,36,38). The van der Waals surface area contributed by atoms with E-state index >= 15 is 0 Å². The number of allylic oxidation sites excluding steroid dienone is 1. The molecule has 1 atom stereocenters. The van der Waals surface area contributed by atoms with Crippen molar-refractivity contribution >= 4 is 39.4 Å². The van der Waals surface area contributed by atoms with Gasteiger partial charge in [-0.15, -0.1) is 6.58 Å². The van der Waals surface area contributed by atoms with Crippen LogP contribution in [0.4, 0.5) is 21.7 Å². The van der Waals surface area contributed by atoms with E-state index in [0.717, 1.165) is 55.0 Å². The van der Waals surface area contributed by atoms with Crippen LogP contribution < -0.4 is 15.8 Å². The monoisotopic (exact) mass is 598 g/mol. The number of aromatic nitrogens is 7. The molecule has 1 aliphatic rings. The average molecular weight is 599 g/mol. The van der Waals surface area contributed by atoms with E-state index in [0.29, 0.717) is 41.8 Å². The van der Waals surface area contributed by atoms with Gasteiger partial charge < -0.3 is 15.1 Å². The molecule has 1 N–H and O–H groups in total. The van der Waals surface area contributed by atoms with Gasteiger partial charge in [0.15, 0.2) is 17.1 Å². The Morgan fingerprint density at radius 1 is 1.11 bits per heavy atom. The lowest BCUT2D eigenvalue weighted by atomic mass is 9.97. The van der Waals surface area contributed by atoms with Crippen molar-refractivity contribution in [3.8, 4) is 5.82 Å². The molecule has 0 spiro atoms. The highest BCUT2D eigenvalue weighted by molar-refractivity contribution is 5.79. The smallest absolute Gasteiger partial charge is 0.278 e. The van der Waals surface area contributed by atoms with Crippen LogP contribution in [0, 0.1) is 5.92 Å². The minimum absolute atomic E-state index is 0.216. The maximum Gasteiger partial charge on any atom is 0.278 e. The molecule has 0 radical (unpaired) electrons. The lowest BCUT2D eigenvalue weighted by molar-refractivity contribution is 0.165. The topological polar surface area (TPSA) is 102 Å². The number of rotatable bonds is 12. The SMILES string of the molecule is C=CCn1c(=O)c2cnc(Nc3ccc(N(CC)CC4CCCN(CCF)C4)cc3)nc2n1-c1ccc2cnn(CC)c2n1. The van der Waals surface area contributed by atoms with E-state index in [1.807, 2.05) is 35.9 Å². The fourth-order valence-corrected chi connectivity index (χ4v) is 6.14. The second-order valence-corrected chi connectivity index (χ2v) is 11.2. The zero-order chi connectivity index (χ0) is 30.6. The first-order chi connectivity index (χ1) is 21.5. The minimum atomic E-state index is -0.286. The molecule has 1 unspecified atom stereocenters. The molecule has 5 heterocycles. The molecule has 1 aromatic carbocycles. The van der Waals surface area contributed by atoms with E-state index in [4.69, 9.17) is 9.97 Å². The third kappa shape index (κ3) is 5.81. The van der Waals surface area contributed by atoms with Gasteiger partial charge in [-0.25, -0.2) is 28.4 Å². The fourth-order valence-electron chi connectivity index (χ4n) is 6.14. The van der Waals surface area contributed by atoms with Gasteiger partial charge in [0, 0.05) is 55.7 Å². The molecule has 0 amide bonds. The molecule has 12 heteroatoms. The van der Waals surface area contributed by atoms with Crippen LogP contribution in [0.5, 0.6) is 0 Å². The molecule has 0 saturated carbocycles. The number of halogens is 1. The van der Waals surface area contributed by atoms with E-state index in [-0.39, 0.29) is 18.8 Å². The number of hydrogen-bond donors (Lipinski definition) is 1. The van der Waals surface area contributed by atoms with Gasteiger partial charge in [-0.3, -0.25) is 4.79 Å². The third-order valence-corrected chi connectivity index (χ3v) is 8.32. The Balaban J connectivity index is 1.26. The zero-order valence-corrected chi connectivity index (χ0v) is 25.4. The van der Waals surface area contributed by atoms with Gasteiger partial charge in [-0.2, -0.15) is 10.1 Å². The highest BCUT2D eigenvalue weighted by Crippen LogP contribution is 2.25. The van der Waals surface area contributed by atoms with Crippen LogP contribution in [0.15, 0.2) is 66.2 Å². The molecule has 230 valence electrons. The third-order valence-electron chi connectivity index (χ3n) is 8.32. The van der Waals surface area contributed by atoms with Crippen molar-refractivity contribution in [2.75, 3.05) is 49.6 Å². The summed E-state index contributed by atoms with van der Waals surface area (Å²) in [6.45, 7) is 13.0. The Morgan fingerprint density at radius 3 is 2.70 bits per heavy atom. The van der Waals surface area contributed by atoms with Crippen LogP contribution in [-0.2, 0) is 13.1 Å². The summed E-state index contributed by atoms with van der Waals surface area (Å²) in [7, 11) is 0. The first kappa shape index (κ1) is 29.5. The number of aryl methyl sites for hydroxylation is 1. The summed E-state index contributed by atoms with van der Waals surface area (Å²) >= 11 is 0. The number of benzene rings is 1. The molecule has 5 aromatic rings. The van der Waals surface area contributed by atoms with Gasteiger partial charge in [0.2, 0.25) is 5.95 Å². The van der Waals surface area contributed by atoms with Crippen molar-refractivity contribution in [1.82, 2.24) is 39.0 Å². The number of nitrogens with one attached hydrogen (secondary N) is 1. The highest BCUT2D eigenvalue weighted by Gasteiger charge is 2.22. The molecule has 44 heavy (non-hydrogen) atoms. The molecule has 6 rings (SSSR count). The normalized spacial score (nSPS) is 15.7. The largest absolute Gasteiger partial charge is 0.371 e. The summed E-state index contributed by atoms with van der Waals surface area (Å²) in [6.07, 6.45) is 7.31. The number of piperidine rings is 1. The Hall–Kier alpha value is -4.58. The quantitative estimate of drug-likeness (QED) is 0.205. The number of alkyl halides is 1. The average Bonchev–Trinajstić information content (AvgIpc) is 3.58. The van der Waals surface area contributed by atoms with Gasteiger partial charge >= 0.3 is 0 Å². The Bertz CT molecular complexity index is 1810. The number of anilines is 3. The Morgan fingerprint density at radius 2 is 1.95 bits per heavy atom. The molecule has 0 bridgehead atoms. The molecule has 1 fully saturated rings. The second kappa shape index (κ2) is 13.0. The van der Waals surface area contributed by atoms with Crippen molar-refractivity contribution in [3.05, 3.63) is 71.8 Å². The Kier molecular flexibility index (Phi) is 8.69. The maximum atomic E-state index is 13.4. The summed E-state index contributed by atoms with van der Waals surface area (Å²) < 4.78 is 18.0. The molecule has 4 aromatic heterocycles. The molecular formula is C32H39FN10O. The lowest BCUT2D eigenvalue weighted by Crippen LogP contribution is -2.41. The van der Waals surface area contributed by atoms with Gasteiger partial charge in [-0.05, 0) is 75.5 Å². The highest BCUT2D eigenvalue weighted by atomic mass is 19.1.